The van der Waals surface area contributed by atoms with E-state index >= 15 is 0 Å². The van der Waals surface area contributed by atoms with Crippen molar-refractivity contribution in [2.75, 3.05) is 0 Å². The molecular weight excluding hydrogens is 369 g/mol. The highest BCUT2D eigenvalue weighted by molar-refractivity contribution is 14.1. The summed E-state index contributed by atoms with van der Waals surface area (Å²) < 4.78 is 1.32. The van der Waals surface area contributed by atoms with Gasteiger partial charge in [0.15, 0.2) is 5.69 Å². The average molecular weight is 381 g/mol. The Morgan fingerprint density at radius 1 is 1.32 bits per heavy atom. The lowest BCUT2D eigenvalue weighted by atomic mass is 10.2. The number of rotatable bonds is 5. The molecule has 0 saturated carbocycles. The quantitative estimate of drug-likeness (QED) is 0.573. The summed E-state index contributed by atoms with van der Waals surface area (Å²) in [5, 5.41) is 20.4. The Morgan fingerprint density at radius 3 is 2.42 bits per heavy atom. The van der Waals surface area contributed by atoms with Crippen molar-refractivity contribution in [1.29, 1.82) is 0 Å². The van der Waals surface area contributed by atoms with Gasteiger partial charge in [0, 0.05) is 0 Å². The van der Waals surface area contributed by atoms with Gasteiger partial charge < -0.3 is 15.7 Å². The van der Waals surface area contributed by atoms with Crippen molar-refractivity contribution in [3.63, 3.8) is 0 Å². The second-order valence-corrected chi connectivity index (χ2v) is 4.74. The number of aromatic nitrogens is 3. The molecule has 0 aliphatic heterocycles. The zero-order valence-electron chi connectivity index (χ0n) is 10.1. The first-order valence-corrected chi connectivity index (χ1v) is 6.20. The summed E-state index contributed by atoms with van der Waals surface area (Å²) in [5.74, 6) is -2.31. The maximum atomic E-state index is 11.7. The monoisotopic (exact) mass is 381 g/mol. The number of carboxylic acid groups (broad SMARTS) is 1. The molecular formula is C9H12IN5O4. The smallest absolute Gasteiger partial charge is 0.325 e. The van der Waals surface area contributed by atoms with Crippen LogP contribution in [0.15, 0.2) is 6.20 Å². The van der Waals surface area contributed by atoms with Crippen LogP contribution in [0.4, 0.5) is 0 Å². The Morgan fingerprint density at radius 2 is 1.95 bits per heavy atom. The molecule has 2 amide bonds. The molecule has 19 heavy (non-hydrogen) atoms. The highest BCUT2D eigenvalue weighted by Gasteiger charge is 2.21. The van der Waals surface area contributed by atoms with E-state index in [0.717, 1.165) is 0 Å². The predicted octanol–water partition coefficient (Wildman–Crippen LogP) is -0.816. The standard InChI is InChI=1S/C9H12IN5O4/c1-4(7(16)12-5(2)9(18)19)11-8(17)6-3-15(10)14-13-6/h3-5H,1-2H3,(H,11,17)(H,12,16)(H,18,19). The Kier molecular flexibility index (Phi) is 5.20. The zero-order chi connectivity index (χ0) is 14.6. The molecule has 0 radical (unpaired) electrons. The minimum atomic E-state index is -1.15. The van der Waals surface area contributed by atoms with Gasteiger partial charge in [-0.2, -0.15) is 2.90 Å². The molecule has 0 aliphatic rings. The third kappa shape index (κ3) is 4.46. The Bertz CT molecular complexity index is 503. The first-order valence-electron chi connectivity index (χ1n) is 5.23. The van der Waals surface area contributed by atoms with Crippen LogP contribution in [0, 0.1) is 0 Å². The third-order valence-corrected chi connectivity index (χ3v) is 2.64. The molecule has 2 unspecified atom stereocenters. The van der Waals surface area contributed by atoms with Crippen molar-refractivity contribution in [1.82, 2.24) is 23.8 Å². The van der Waals surface area contributed by atoms with Crippen molar-refractivity contribution in [3.05, 3.63) is 11.9 Å². The number of halogens is 1. The van der Waals surface area contributed by atoms with Crippen molar-refractivity contribution in [3.8, 4) is 0 Å². The number of aliphatic carboxylic acids is 1. The molecule has 10 heteroatoms. The summed E-state index contributed by atoms with van der Waals surface area (Å²) in [7, 11) is 0. The highest BCUT2D eigenvalue weighted by Crippen LogP contribution is 1.97. The van der Waals surface area contributed by atoms with Crippen molar-refractivity contribution in [2.24, 2.45) is 0 Å². The minimum Gasteiger partial charge on any atom is -0.480 e. The lowest BCUT2D eigenvalue weighted by molar-refractivity contribution is -0.141. The number of hydrogen-bond acceptors (Lipinski definition) is 5. The largest absolute Gasteiger partial charge is 0.480 e. The van der Waals surface area contributed by atoms with Gasteiger partial charge in [-0.15, -0.1) is 5.10 Å². The minimum absolute atomic E-state index is 0.0698. The zero-order valence-corrected chi connectivity index (χ0v) is 12.3. The number of carbonyl (C=O) groups excluding carboxylic acids is 2. The van der Waals surface area contributed by atoms with Crippen molar-refractivity contribution >= 4 is 40.6 Å². The molecule has 9 nitrogen and oxygen atoms in total. The second kappa shape index (κ2) is 6.45. The summed E-state index contributed by atoms with van der Waals surface area (Å²) in [5.41, 5.74) is 0.0698. The summed E-state index contributed by atoms with van der Waals surface area (Å²) in [6, 6.07) is -1.91. The predicted molar refractivity (Wildman–Crippen MR) is 71.6 cm³/mol. The van der Waals surface area contributed by atoms with E-state index in [1.54, 1.807) is 0 Å². The van der Waals surface area contributed by atoms with Crippen LogP contribution in [0.1, 0.15) is 24.3 Å². The second-order valence-electron chi connectivity index (χ2n) is 3.76. The van der Waals surface area contributed by atoms with Crippen LogP contribution < -0.4 is 10.6 Å². The topological polar surface area (TPSA) is 126 Å². The average Bonchev–Trinajstić information content (AvgIpc) is 2.75. The molecule has 3 N–H and O–H groups in total. The van der Waals surface area contributed by atoms with E-state index in [1.165, 1.54) is 22.9 Å². The number of amides is 2. The van der Waals surface area contributed by atoms with Gasteiger partial charge in [-0.25, -0.2) is 0 Å². The lowest BCUT2D eigenvalue weighted by Gasteiger charge is -2.15. The number of nitrogens with one attached hydrogen (secondary N) is 2. The number of hydrogen-bond donors (Lipinski definition) is 3. The van der Waals surface area contributed by atoms with Crippen LogP contribution >= 0.6 is 22.9 Å². The normalized spacial score (nSPS) is 13.4. The Balaban J connectivity index is 2.55. The van der Waals surface area contributed by atoms with Gasteiger partial charge in [-0.3, -0.25) is 14.4 Å². The van der Waals surface area contributed by atoms with Gasteiger partial charge in [-0.05, 0) is 13.8 Å². The van der Waals surface area contributed by atoms with Crippen LogP contribution in [0.5, 0.6) is 0 Å². The van der Waals surface area contributed by atoms with Crippen molar-refractivity contribution in [2.45, 2.75) is 25.9 Å². The van der Waals surface area contributed by atoms with Gasteiger partial charge in [0.2, 0.25) is 5.91 Å². The number of carbonyl (C=O) groups is 3. The fourth-order valence-electron chi connectivity index (χ4n) is 1.08. The molecule has 104 valence electrons. The van der Waals surface area contributed by atoms with Crippen molar-refractivity contribution < 1.29 is 19.5 Å². The van der Waals surface area contributed by atoms with E-state index in [1.807, 2.05) is 22.9 Å². The van der Waals surface area contributed by atoms with Gasteiger partial charge in [0.05, 0.1) is 29.1 Å². The molecule has 0 aliphatic carbocycles. The molecule has 1 rings (SSSR count). The third-order valence-electron chi connectivity index (χ3n) is 2.17. The number of carboxylic acids is 1. The summed E-state index contributed by atoms with van der Waals surface area (Å²) >= 11 is 1.82. The maximum Gasteiger partial charge on any atom is 0.325 e. The molecule has 0 spiro atoms. The molecule has 0 aromatic carbocycles. The van der Waals surface area contributed by atoms with E-state index in [2.05, 4.69) is 20.9 Å². The van der Waals surface area contributed by atoms with Gasteiger partial charge in [-0.1, -0.05) is 5.21 Å². The first kappa shape index (κ1) is 15.3. The van der Waals surface area contributed by atoms with Gasteiger partial charge >= 0.3 is 5.97 Å². The Labute approximate surface area is 122 Å². The van der Waals surface area contributed by atoms with Crippen LogP contribution in [0.25, 0.3) is 0 Å². The molecule has 0 bridgehead atoms. The van der Waals surface area contributed by atoms with Crippen LogP contribution in [0.2, 0.25) is 0 Å². The van der Waals surface area contributed by atoms with Crippen LogP contribution in [0.3, 0.4) is 0 Å². The first-order chi connectivity index (χ1) is 8.81. The molecule has 0 saturated heterocycles. The van der Waals surface area contributed by atoms with Gasteiger partial charge in [0.25, 0.3) is 5.91 Å². The Hall–Kier alpha value is -1.72. The van der Waals surface area contributed by atoms with E-state index in [4.69, 9.17) is 5.11 Å². The van der Waals surface area contributed by atoms with E-state index in [-0.39, 0.29) is 5.69 Å². The number of nitrogens with zero attached hydrogens (tertiary/aromatic N) is 3. The summed E-state index contributed by atoms with van der Waals surface area (Å²) in [4.78, 5) is 33.8. The molecule has 1 aromatic rings. The highest BCUT2D eigenvalue weighted by atomic mass is 127. The maximum absolute atomic E-state index is 11.7. The summed E-state index contributed by atoms with van der Waals surface area (Å²) in [6.07, 6.45) is 1.39. The fourth-order valence-corrected chi connectivity index (χ4v) is 1.44. The molecule has 0 fully saturated rings. The molecule has 2 atom stereocenters. The van der Waals surface area contributed by atoms with E-state index in [9.17, 15) is 14.4 Å². The molecule has 1 heterocycles. The van der Waals surface area contributed by atoms with E-state index in [0.29, 0.717) is 0 Å². The fraction of sp³-hybridized carbons (Fsp3) is 0.444. The van der Waals surface area contributed by atoms with E-state index < -0.39 is 29.9 Å². The SMILES string of the molecule is CC(NC(=O)C(C)NC(=O)c1cn(I)nn1)C(=O)O. The molecule has 1 aromatic heterocycles. The van der Waals surface area contributed by atoms with Gasteiger partial charge in [0.1, 0.15) is 12.1 Å². The van der Waals surface area contributed by atoms with Crippen LogP contribution in [-0.4, -0.2) is 48.2 Å². The van der Waals surface area contributed by atoms with Crippen LogP contribution in [-0.2, 0) is 9.59 Å². The summed E-state index contributed by atoms with van der Waals surface area (Å²) in [6.45, 7) is 2.77. The lowest BCUT2D eigenvalue weighted by Crippen LogP contribution is -2.49.